The third kappa shape index (κ3) is 7.78. The van der Waals surface area contributed by atoms with Gasteiger partial charge in [0.15, 0.2) is 6.04 Å². The van der Waals surface area contributed by atoms with Gasteiger partial charge in [0.25, 0.3) is 0 Å². The van der Waals surface area contributed by atoms with Gasteiger partial charge in [-0.1, -0.05) is 97.1 Å². The molecule has 5 rings (SSSR count). The van der Waals surface area contributed by atoms with Crippen molar-refractivity contribution in [2.24, 2.45) is 4.99 Å². The molecule has 232 valence electrons. The minimum Gasteiger partial charge on any atom is -0.480 e. The molecule has 1 saturated heterocycles. The summed E-state index contributed by atoms with van der Waals surface area (Å²) in [6.45, 7) is -1.77. The fraction of sp³-hybridized carbons (Fsp3) is 0.229. The number of anilines is 1. The van der Waals surface area contributed by atoms with Crippen molar-refractivity contribution in [2.45, 2.75) is 44.2 Å². The highest BCUT2D eigenvalue weighted by molar-refractivity contribution is 6.17. The SMILES string of the molecule is O=C(O)[C@H](N=C(c1ccccc1)c1ccccc1NC(=O)[C@@H]1CCCN1Cc1ccccc1)[C@@H](O)c1ccccc1OC(F)F. The number of carboxylic acids is 1. The number of nitrogens with zero attached hydrogens (tertiary/aromatic N) is 2. The van der Waals surface area contributed by atoms with E-state index >= 15 is 0 Å². The monoisotopic (exact) mass is 613 g/mol. The number of para-hydroxylation sites is 2. The van der Waals surface area contributed by atoms with Crippen LogP contribution in [0.4, 0.5) is 14.5 Å². The number of aliphatic imine (C=N–C) groups is 1. The lowest BCUT2D eigenvalue weighted by molar-refractivity contribution is -0.141. The Labute approximate surface area is 259 Å². The van der Waals surface area contributed by atoms with Gasteiger partial charge in [0.1, 0.15) is 11.9 Å². The number of hydrogen-bond donors (Lipinski definition) is 3. The number of aliphatic carboxylic acids is 1. The van der Waals surface area contributed by atoms with Gasteiger partial charge >= 0.3 is 12.6 Å². The number of hydrogen-bond acceptors (Lipinski definition) is 6. The first kappa shape index (κ1) is 31.5. The molecule has 0 spiro atoms. The van der Waals surface area contributed by atoms with E-state index in [9.17, 15) is 28.6 Å². The summed E-state index contributed by atoms with van der Waals surface area (Å²) in [6, 6.07) is 28.9. The summed E-state index contributed by atoms with van der Waals surface area (Å²) < 4.78 is 30.7. The molecule has 0 radical (unpaired) electrons. The molecule has 45 heavy (non-hydrogen) atoms. The summed E-state index contributed by atoms with van der Waals surface area (Å²) in [6.07, 6.45) is -0.269. The maximum Gasteiger partial charge on any atom is 0.387 e. The van der Waals surface area contributed by atoms with Gasteiger partial charge in [-0.15, -0.1) is 0 Å². The molecule has 0 bridgehead atoms. The van der Waals surface area contributed by atoms with Crippen molar-refractivity contribution in [3.63, 3.8) is 0 Å². The first-order valence-corrected chi connectivity index (χ1v) is 14.6. The zero-order valence-corrected chi connectivity index (χ0v) is 24.3. The van der Waals surface area contributed by atoms with E-state index in [0.29, 0.717) is 29.8 Å². The molecule has 0 aromatic heterocycles. The van der Waals surface area contributed by atoms with Gasteiger partial charge < -0.3 is 20.3 Å². The van der Waals surface area contributed by atoms with Gasteiger partial charge in [-0.2, -0.15) is 8.78 Å². The normalized spacial score (nSPS) is 16.7. The van der Waals surface area contributed by atoms with Gasteiger partial charge in [-0.3, -0.25) is 14.7 Å². The Morgan fingerprint density at radius 1 is 0.911 bits per heavy atom. The number of halogens is 2. The van der Waals surface area contributed by atoms with Crippen LogP contribution in [0.3, 0.4) is 0 Å². The summed E-state index contributed by atoms with van der Waals surface area (Å²) in [4.78, 5) is 32.9. The lowest BCUT2D eigenvalue weighted by Crippen LogP contribution is -2.39. The number of rotatable bonds is 12. The maximum absolute atomic E-state index is 13.7. The van der Waals surface area contributed by atoms with Crippen molar-refractivity contribution >= 4 is 23.3 Å². The molecular weight excluding hydrogens is 580 g/mol. The van der Waals surface area contributed by atoms with E-state index in [1.165, 1.54) is 24.3 Å². The Bertz CT molecular complexity index is 1630. The Kier molecular flexibility index (Phi) is 10.3. The zero-order chi connectivity index (χ0) is 31.8. The van der Waals surface area contributed by atoms with Crippen molar-refractivity contribution < 1.29 is 33.3 Å². The number of aliphatic hydroxyl groups excluding tert-OH is 1. The number of ether oxygens (including phenoxy) is 1. The van der Waals surface area contributed by atoms with Crippen LogP contribution in [0.25, 0.3) is 0 Å². The molecule has 3 N–H and O–H groups in total. The van der Waals surface area contributed by atoms with Crippen LogP contribution in [0.15, 0.2) is 114 Å². The van der Waals surface area contributed by atoms with Crippen LogP contribution in [0, 0.1) is 0 Å². The van der Waals surface area contributed by atoms with Crippen LogP contribution in [0.1, 0.15) is 41.2 Å². The summed E-state index contributed by atoms with van der Waals surface area (Å²) in [5.74, 6) is -2.03. The van der Waals surface area contributed by atoms with Crippen molar-refractivity contribution in [3.05, 3.63) is 131 Å². The lowest BCUT2D eigenvalue weighted by atomic mass is 9.97. The first-order chi connectivity index (χ1) is 21.8. The number of alkyl halides is 2. The third-order valence-corrected chi connectivity index (χ3v) is 7.66. The number of nitrogens with one attached hydrogen (secondary N) is 1. The number of carbonyl (C=O) groups excluding carboxylic acids is 1. The number of carboxylic acid groups (broad SMARTS) is 1. The Hall–Kier alpha value is -4.93. The van der Waals surface area contributed by atoms with E-state index in [1.54, 1.807) is 54.6 Å². The standard InChI is InChI=1S/C35H33F2N3O5/c36-35(37)45-29-20-10-8-17-26(29)32(41)31(34(43)44)39-30(24-14-5-2-6-15-24)25-16-7-9-18-27(25)38-33(42)28-19-11-21-40(28)22-23-12-3-1-4-13-23/h1-10,12-18,20,28,31-32,35,41H,11,19,21-22H2,(H,38,42)(H,43,44)/t28-,31+,32-/m0/s1. The molecule has 0 saturated carbocycles. The quantitative estimate of drug-likeness (QED) is 0.171. The molecule has 1 heterocycles. The molecule has 0 unspecified atom stereocenters. The van der Waals surface area contributed by atoms with Crippen LogP contribution in [-0.4, -0.2) is 57.9 Å². The first-order valence-electron chi connectivity index (χ1n) is 14.6. The van der Waals surface area contributed by atoms with Gasteiger partial charge in [0.05, 0.1) is 17.4 Å². The summed E-state index contributed by atoms with van der Waals surface area (Å²) in [7, 11) is 0. The van der Waals surface area contributed by atoms with Gasteiger partial charge in [0, 0.05) is 23.2 Å². The molecule has 0 aliphatic carbocycles. The molecule has 3 atom stereocenters. The highest BCUT2D eigenvalue weighted by atomic mass is 19.3. The van der Waals surface area contributed by atoms with Crippen molar-refractivity contribution in [2.75, 3.05) is 11.9 Å². The fourth-order valence-electron chi connectivity index (χ4n) is 5.54. The molecule has 1 amide bonds. The van der Waals surface area contributed by atoms with E-state index in [-0.39, 0.29) is 29.0 Å². The second kappa shape index (κ2) is 14.7. The summed E-state index contributed by atoms with van der Waals surface area (Å²) in [5.41, 5.74) is 2.52. The van der Waals surface area contributed by atoms with Gasteiger partial charge in [0.2, 0.25) is 5.91 Å². The molecule has 1 aliphatic rings. The Morgan fingerprint density at radius 3 is 2.27 bits per heavy atom. The average Bonchev–Trinajstić information content (AvgIpc) is 3.51. The topological polar surface area (TPSA) is 111 Å². The second-order valence-corrected chi connectivity index (χ2v) is 10.6. The maximum atomic E-state index is 13.7. The fourth-order valence-corrected chi connectivity index (χ4v) is 5.54. The molecule has 1 aliphatic heterocycles. The largest absolute Gasteiger partial charge is 0.480 e. The van der Waals surface area contributed by atoms with Crippen LogP contribution in [0.5, 0.6) is 5.75 Å². The predicted octanol–water partition coefficient (Wildman–Crippen LogP) is 5.92. The Morgan fingerprint density at radius 2 is 1.56 bits per heavy atom. The summed E-state index contributed by atoms with van der Waals surface area (Å²) >= 11 is 0. The molecule has 4 aromatic carbocycles. The second-order valence-electron chi connectivity index (χ2n) is 10.6. The molecule has 8 nitrogen and oxygen atoms in total. The highest BCUT2D eigenvalue weighted by Gasteiger charge is 2.33. The number of aliphatic hydroxyl groups is 1. The predicted molar refractivity (Wildman–Crippen MR) is 166 cm³/mol. The minimum atomic E-state index is -3.18. The van der Waals surface area contributed by atoms with E-state index in [2.05, 4.69) is 19.9 Å². The van der Waals surface area contributed by atoms with Crippen molar-refractivity contribution in [1.82, 2.24) is 4.90 Å². The average molecular weight is 614 g/mol. The highest BCUT2D eigenvalue weighted by Crippen LogP contribution is 2.32. The van der Waals surface area contributed by atoms with Crippen molar-refractivity contribution in [3.8, 4) is 5.75 Å². The molecular formula is C35H33F2N3O5. The van der Waals surface area contributed by atoms with E-state index in [0.717, 1.165) is 18.5 Å². The van der Waals surface area contributed by atoms with Crippen LogP contribution < -0.4 is 10.1 Å². The van der Waals surface area contributed by atoms with Crippen LogP contribution in [-0.2, 0) is 16.1 Å². The van der Waals surface area contributed by atoms with Gasteiger partial charge in [-0.25, -0.2) is 4.79 Å². The molecule has 1 fully saturated rings. The number of likely N-dealkylation sites (tertiary alicyclic amines) is 1. The zero-order valence-electron chi connectivity index (χ0n) is 24.3. The number of carbonyl (C=O) groups is 2. The number of amides is 1. The third-order valence-electron chi connectivity index (χ3n) is 7.66. The molecule has 4 aromatic rings. The summed E-state index contributed by atoms with van der Waals surface area (Å²) in [5, 5.41) is 24.4. The van der Waals surface area contributed by atoms with Crippen molar-refractivity contribution in [1.29, 1.82) is 0 Å². The minimum absolute atomic E-state index is 0.150. The molecule has 10 heteroatoms. The lowest BCUT2D eigenvalue weighted by Gasteiger charge is -2.25. The number of benzene rings is 4. The van der Waals surface area contributed by atoms with Gasteiger partial charge in [-0.05, 0) is 37.1 Å². The van der Waals surface area contributed by atoms with Crippen LogP contribution in [0.2, 0.25) is 0 Å². The van der Waals surface area contributed by atoms with Crippen LogP contribution >= 0.6 is 0 Å². The van der Waals surface area contributed by atoms with E-state index in [1.807, 2.05) is 30.3 Å². The Balaban J connectivity index is 1.50. The smallest absolute Gasteiger partial charge is 0.387 e. The van der Waals surface area contributed by atoms with E-state index in [4.69, 9.17) is 0 Å². The van der Waals surface area contributed by atoms with E-state index < -0.39 is 24.7 Å².